The van der Waals surface area contributed by atoms with Crippen molar-refractivity contribution < 1.29 is 9.90 Å². The normalized spacial score (nSPS) is 13.8. The van der Waals surface area contributed by atoms with Crippen molar-refractivity contribution in [2.45, 2.75) is 19.4 Å². The first kappa shape index (κ1) is 12.3. The van der Waals surface area contributed by atoms with Crippen LogP contribution < -0.4 is 5.32 Å². The lowest BCUT2D eigenvalue weighted by Crippen LogP contribution is -2.46. The summed E-state index contributed by atoms with van der Waals surface area (Å²) >= 11 is 0. The number of terminal acetylenes is 1. The van der Waals surface area contributed by atoms with Gasteiger partial charge in [-0.05, 0) is 19.4 Å². The molecular formula is C13H15NO2. The van der Waals surface area contributed by atoms with Gasteiger partial charge in [-0.1, -0.05) is 35.7 Å². The Morgan fingerprint density at radius 3 is 2.81 bits per heavy atom. The van der Waals surface area contributed by atoms with Gasteiger partial charge >= 0.3 is 5.97 Å². The number of carboxylic acid groups (broad SMARTS) is 1. The number of benzene rings is 1. The summed E-state index contributed by atoms with van der Waals surface area (Å²) in [6.07, 6.45) is 5.14. The Kier molecular flexibility index (Phi) is 3.70. The van der Waals surface area contributed by atoms with Crippen LogP contribution in [0.15, 0.2) is 24.3 Å². The Bertz CT molecular complexity index is 434. The van der Waals surface area contributed by atoms with Crippen LogP contribution in [-0.4, -0.2) is 17.6 Å². The molecule has 0 saturated heterocycles. The number of rotatable bonds is 4. The van der Waals surface area contributed by atoms with Gasteiger partial charge in [0.25, 0.3) is 0 Å². The topological polar surface area (TPSA) is 49.3 Å². The van der Waals surface area contributed by atoms with E-state index < -0.39 is 11.5 Å². The third-order valence-electron chi connectivity index (χ3n) is 2.57. The molecule has 0 aromatic heterocycles. The van der Waals surface area contributed by atoms with Crippen LogP contribution in [0.1, 0.15) is 18.1 Å². The minimum Gasteiger partial charge on any atom is -0.480 e. The molecule has 3 heteroatoms. The average molecular weight is 217 g/mol. The average Bonchev–Trinajstić information content (AvgIpc) is 2.25. The Morgan fingerprint density at radius 2 is 2.31 bits per heavy atom. The van der Waals surface area contributed by atoms with Crippen LogP contribution in [0.3, 0.4) is 0 Å². The van der Waals surface area contributed by atoms with Gasteiger partial charge in [0.2, 0.25) is 0 Å². The largest absolute Gasteiger partial charge is 0.480 e. The molecule has 0 saturated carbocycles. The third-order valence-corrected chi connectivity index (χ3v) is 2.57. The molecule has 2 N–H and O–H groups in total. The van der Waals surface area contributed by atoms with Gasteiger partial charge in [0.05, 0.1) is 6.54 Å². The summed E-state index contributed by atoms with van der Waals surface area (Å²) in [4.78, 5) is 11.3. The van der Waals surface area contributed by atoms with Gasteiger partial charge in [0.1, 0.15) is 5.54 Å². The summed E-state index contributed by atoms with van der Waals surface area (Å²) in [6.45, 7) is 3.76. The van der Waals surface area contributed by atoms with Crippen LogP contribution in [0.25, 0.3) is 0 Å². The van der Waals surface area contributed by atoms with Crippen molar-refractivity contribution >= 4 is 5.97 Å². The Morgan fingerprint density at radius 1 is 1.62 bits per heavy atom. The lowest BCUT2D eigenvalue weighted by molar-refractivity contribution is -0.144. The predicted molar refractivity (Wildman–Crippen MR) is 63.0 cm³/mol. The molecule has 0 radical (unpaired) electrons. The monoisotopic (exact) mass is 217 g/mol. The van der Waals surface area contributed by atoms with E-state index in [0.717, 1.165) is 5.56 Å². The summed E-state index contributed by atoms with van der Waals surface area (Å²) in [6, 6.07) is 7.39. The molecule has 3 nitrogen and oxygen atoms in total. The van der Waals surface area contributed by atoms with Crippen molar-refractivity contribution in [3.8, 4) is 12.3 Å². The first-order valence-electron chi connectivity index (χ1n) is 4.99. The van der Waals surface area contributed by atoms with Gasteiger partial charge in [-0.2, -0.15) is 0 Å². The molecule has 1 unspecified atom stereocenters. The molecule has 1 rings (SSSR count). The van der Waals surface area contributed by atoms with Crippen LogP contribution >= 0.6 is 0 Å². The minimum atomic E-state index is -1.14. The highest BCUT2D eigenvalue weighted by atomic mass is 16.4. The molecule has 0 amide bonds. The van der Waals surface area contributed by atoms with Crippen molar-refractivity contribution in [1.29, 1.82) is 0 Å². The molecule has 16 heavy (non-hydrogen) atoms. The smallest absolute Gasteiger partial charge is 0.328 e. The first-order chi connectivity index (χ1) is 7.50. The molecule has 1 aromatic carbocycles. The van der Waals surface area contributed by atoms with Crippen LogP contribution in [0.4, 0.5) is 0 Å². The van der Waals surface area contributed by atoms with Gasteiger partial charge in [0, 0.05) is 0 Å². The number of aryl methyl sites for hydroxylation is 1. The van der Waals surface area contributed by atoms with Crippen molar-refractivity contribution in [1.82, 2.24) is 5.32 Å². The van der Waals surface area contributed by atoms with E-state index >= 15 is 0 Å². The van der Waals surface area contributed by atoms with Gasteiger partial charge in [0.15, 0.2) is 0 Å². The minimum absolute atomic E-state index is 0.219. The molecule has 0 bridgehead atoms. The Balaban J connectivity index is 3.12. The highest BCUT2D eigenvalue weighted by Gasteiger charge is 2.34. The second-order valence-corrected chi connectivity index (χ2v) is 3.86. The highest BCUT2D eigenvalue weighted by molar-refractivity contribution is 5.80. The molecule has 1 atom stereocenters. The van der Waals surface area contributed by atoms with E-state index in [2.05, 4.69) is 11.2 Å². The second-order valence-electron chi connectivity index (χ2n) is 3.86. The van der Waals surface area contributed by atoms with Gasteiger partial charge in [-0.15, -0.1) is 6.42 Å². The molecule has 0 fully saturated rings. The van der Waals surface area contributed by atoms with Gasteiger partial charge < -0.3 is 5.11 Å². The summed E-state index contributed by atoms with van der Waals surface area (Å²) < 4.78 is 0. The van der Waals surface area contributed by atoms with E-state index in [1.807, 2.05) is 25.1 Å². The molecular weight excluding hydrogens is 202 g/mol. The second kappa shape index (κ2) is 4.82. The molecule has 0 aliphatic rings. The summed E-state index contributed by atoms with van der Waals surface area (Å²) in [5.41, 5.74) is 0.584. The predicted octanol–water partition coefficient (Wildman–Crippen LogP) is 1.52. The summed E-state index contributed by atoms with van der Waals surface area (Å²) in [5, 5.41) is 12.1. The highest BCUT2D eigenvalue weighted by Crippen LogP contribution is 2.21. The number of aliphatic carboxylic acids is 1. The van der Waals surface area contributed by atoms with E-state index in [4.69, 9.17) is 6.42 Å². The lowest BCUT2D eigenvalue weighted by Gasteiger charge is -2.26. The molecule has 0 heterocycles. The fraction of sp³-hybridized carbons (Fsp3) is 0.308. The maximum atomic E-state index is 11.3. The maximum Gasteiger partial charge on any atom is 0.328 e. The fourth-order valence-electron chi connectivity index (χ4n) is 1.49. The summed E-state index contributed by atoms with van der Waals surface area (Å²) in [7, 11) is 0. The summed E-state index contributed by atoms with van der Waals surface area (Å²) in [5.74, 6) is 1.45. The van der Waals surface area contributed by atoms with Crippen molar-refractivity contribution in [2.75, 3.05) is 6.54 Å². The van der Waals surface area contributed by atoms with Gasteiger partial charge in [-0.3, -0.25) is 5.32 Å². The first-order valence-corrected chi connectivity index (χ1v) is 4.99. The van der Waals surface area contributed by atoms with Gasteiger partial charge in [-0.25, -0.2) is 4.79 Å². The fourth-order valence-corrected chi connectivity index (χ4v) is 1.49. The van der Waals surface area contributed by atoms with E-state index in [1.54, 1.807) is 13.0 Å². The van der Waals surface area contributed by atoms with E-state index in [1.165, 1.54) is 0 Å². The quantitative estimate of drug-likeness (QED) is 0.752. The number of hydrogen-bond acceptors (Lipinski definition) is 2. The van der Waals surface area contributed by atoms with Crippen molar-refractivity contribution in [3.05, 3.63) is 35.4 Å². The van der Waals surface area contributed by atoms with Crippen LogP contribution in [0.2, 0.25) is 0 Å². The van der Waals surface area contributed by atoms with Crippen molar-refractivity contribution in [3.63, 3.8) is 0 Å². The van der Waals surface area contributed by atoms with E-state index in [-0.39, 0.29) is 6.54 Å². The number of hydrogen-bond donors (Lipinski definition) is 2. The lowest BCUT2D eigenvalue weighted by atomic mass is 9.91. The molecule has 0 aliphatic carbocycles. The van der Waals surface area contributed by atoms with Crippen LogP contribution in [-0.2, 0) is 10.3 Å². The van der Waals surface area contributed by atoms with E-state index in [9.17, 15) is 9.90 Å². The molecule has 0 spiro atoms. The van der Waals surface area contributed by atoms with E-state index in [0.29, 0.717) is 5.56 Å². The number of nitrogens with one attached hydrogen (secondary N) is 1. The maximum absolute atomic E-state index is 11.3. The molecule has 1 aromatic rings. The van der Waals surface area contributed by atoms with Crippen molar-refractivity contribution in [2.24, 2.45) is 0 Å². The third kappa shape index (κ3) is 2.41. The Labute approximate surface area is 95.5 Å². The number of carbonyl (C=O) groups is 1. The molecule has 84 valence electrons. The van der Waals surface area contributed by atoms with Crippen LogP contribution in [0, 0.1) is 19.3 Å². The SMILES string of the molecule is C#CCNC(C)(C(=O)O)c1cccc(C)c1. The van der Waals surface area contributed by atoms with Crippen LogP contribution in [0.5, 0.6) is 0 Å². The Hall–Kier alpha value is -1.79. The zero-order valence-electron chi connectivity index (χ0n) is 9.45. The standard InChI is InChI=1S/C13H15NO2/c1-4-8-14-13(3,12(15)16)11-7-5-6-10(2)9-11/h1,5-7,9,14H,8H2,2-3H3,(H,15,16). The number of carboxylic acids is 1. The zero-order chi connectivity index (χ0) is 12.2. The zero-order valence-corrected chi connectivity index (χ0v) is 9.45. The molecule has 0 aliphatic heterocycles.